The van der Waals surface area contributed by atoms with Gasteiger partial charge in [0.15, 0.2) is 0 Å². The van der Waals surface area contributed by atoms with Crippen LogP contribution in [0.1, 0.15) is 12.5 Å². The van der Waals surface area contributed by atoms with Crippen LogP contribution in [-0.2, 0) is 0 Å². The Labute approximate surface area is 107 Å². The van der Waals surface area contributed by atoms with Crippen LogP contribution in [0.3, 0.4) is 0 Å². The van der Waals surface area contributed by atoms with E-state index in [4.69, 9.17) is 0 Å². The first kappa shape index (κ1) is 10.9. The molecule has 5 heteroatoms. The zero-order valence-electron chi connectivity index (χ0n) is 9.19. The average molecular weight is 294 g/mol. The smallest absolute Gasteiger partial charge is 0.261 e. The van der Waals surface area contributed by atoms with E-state index in [2.05, 4.69) is 26.2 Å². The van der Waals surface area contributed by atoms with Crippen molar-refractivity contribution in [3.05, 3.63) is 39.4 Å². The molecular weight excluding hydrogens is 282 g/mol. The number of fused-ring (bicyclic) bond motifs is 1. The third-order valence-corrected chi connectivity index (χ3v) is 3.67. The van der Waals surface area contributed by atoms with Crippen molar-refractivity contribution in [2.24, 2.45) is 0 Å². The average Bonchev–Trinajstić information content (AvgIpc) is 2.84. The van der Waals surface area contributed by atoms with Crippen molar-refractivity contribution >= 4 is 26.8 Å². The van der Waals surface area contributed by atoms with E-state index < -0.39 is 0 Å². The summed E-state index contributed by atoms with van der Waals surface area (Å²) in [5.41, 5.74) is 0.797. The van der Waals surface area contributed by atoms with E-state index in [0.29, 0.717) is 5.39 Å². The summed E-state index contributed by atoms with van der Waals surface area (Å²) >= 11 is 3.39. The van der Waals surface area contributed by atoms with Gasteiger partial charge in [-0.25, -0.2) is 4.98 Å². The summed E-state index contributed by atoms with van der Waals surface area (Å²) in [5, 5.41) is 3.94. The Kier molecular flexibility index (Phi) is 2.72. The molecule has 1 aliphatic heterocycles. The molecule has 0 spiro atoms. The highest BCUT2D eigenvalue weighted by Crippen LogP contribution is 2.17. The standard InChI is InChI=1S/C12H12BrN3O/c13-8-1-2-11-10(5-8)12(17)16(7-15-11)9-3-4-14-6-9/h1-2,5,7,9,14H,3-4,6H2. The lowest BCUT2D eigenvalue weighted by Crippen LogP contribution is -2.26. The zero-order chi connectivity index (χ0) is 11.8. The molecule has 1 unspecified atom stereocenters. The molecule has 4 nitrogen and oxygen atoms in total. The van der Waals surface area contributed by atoms with E-state index in [1.807, 2.05) is 18.2 Å². The van der Waals surface area contributed by atoms with Crippen molar-refractivity contribution in [1.29, 1.82) is 0 Å². The van der Waals surface area contributed by atoms with E-state index >= 15 is 0 Å². The van der Waals surface area contributed by atoms with Crippen LogP contribution in [-0.4, -0.2) is 22.6 Å². The fraction of sp³-hybridized carbons (Fsp3) is 0.333. The lowest BCUT2D eigenvalue weighted by molar-refractivity contribution is 0.525. The maximum Gasteiger partial charge on any atom is 0.261 e. The third kappa shape index (κ3) is 1.89. The largest absolute Gasteiger partial charge is 0.315 e. The molecule has 1 fully saturated rings. The highest BCUT2D eigenvalue weighted by Gasteiger charge is 2.18. The molecule has 3 rings (SSSR count). The van der Waals surface area contributed by atoms with Gasteiger partial charge < -0.3 is 5.32 Å². The van der Waals surface area contributed by atoms with Crippen LogP contribution < -0.4 is 10.9 Å². The number of hydrogen-bond donors (Lipinski definition) is 1. The number of nitrogens with one attached hydrogen (secondary N) is 1. The topological polar surface area (TPSA) is 46.9 Å². The van der Waals surface area contributed by atoms with Crippen molar-refractivity contribution in [3.8, 4) is 0 Å². The van der Waals surface area contributed by atoms with Gasteiger partial charge in [0.25, 0.3) is 5.56 Å². The highest BCUT2D eigenvalue weighted by molar-refractivity contribution is 9.10. The van der Waals surface area contributed by atoms with E-state index in [1.165, 1.54) is 0 Å². The van der Waals surface area contributed by atoms with E-state index in [0.717, 1.165) is 29.5 Å². The molecule has 0 aliphatic carbocycles. The van der Waals surface area contributed by atoms with Gasteiger partial charge in [0.1, 0.15) is 0 Å². The minimum absolute atomic E-state index is 0.0463. The van der Waals surface area contributed by atoms with Gasteiger partial charge in [0.05, 0.1) is 23.3 Å². The summed E-state index contributed by atoms with van der Waals surface area (Å²) in [7, 11) is 0. The maximum atomic E-state index is 12.3. The molecule has 0 radical (unpaired) electrons. The van der Waals surface area contributed by atoms with Crippen molar-refractivity contribution < 1.29 is 0 Å². The fourth-order valence-electron chi connectivity index (χ4n) is 2.25. The van der Waals surface area contributed by atoms with Crippen LogP contribution in [0.2, 0.25) is 0 Å². The number of halogens is 1. The summed E-state index contributed by atoms with van der Waals surface area (Å²) in [6.07, 6.45) is 2.65. The van der Waals surface area contributed by atoms with Crippen LogP contribution in [0.25, 0.3) is 10.9 Å². The molecule has 1 saturated heterocycles. The Balaban J connectivity index is 2.21. The number of aromatic nitrogens is 2. The predicted molar refractivity (Wildman–Crippen MR) is 70.2 cm³/mol. The first-order valence-corrected chi connectivity index (χ1v) is 6.42. The molecule has 1 N–H and O–H groups in total. The van der Waals surface area contributed by atoms with Gasteiger partial charge in [-0.05, 0) is 31.2 Å². The molecule has 1 aromatic carbocycles. The second-order valence-electron chi connectivity index (χ2n) is 4.27. The second kappa shape index (κ2) is 4.23. The van der Waals surface area contributed by atoms with Crippen molar-refractivity contribution in [2.45, 2.75) is 12.5 Å². The maximum absolute atomic E-state index is 12.3. The molecular formula is C12H12BrN3O. The van der Waals surface area contributed by atoms with Crippen LogP contribution in [0, 0.1) is 0 Å². The molecule has 0 saturated carbocycles. The highest BCUT2D eigenvalue weighted by atomic mass is 79.9. The van der Waals surface area contributed by atoms with Gasteiger partial charge in [0, 0.05) is 11.0 Å². The molecule has 17 heavy (non-hydrogen) atoms. The van der Waals surface area contributed by atoms with Gasteiger partial charge in [-0.1, -0.05) is 15.9 Å². The Morgan fingerprint density at radius 1 is 1.47 bits per heavy atom. The third-order valence-electron chi connectivity index (χ3n) is 3.17. The molecule has 1 aromatic heterocycles. The van der Waals surface area contributed by atoms with E-state index in [-0.39, 0.29) is 11.6 Å². The first-order valence-electron chi connectivity index (χ1n) is 5.63. The molecule has 2 aromatic rings. The lowest BCUT2D eigenvalue weighted by atomic mass is 10.2. The van der Waals surface area contributed by atoms with E-state index in [9.17, 15) is 4.79 Å². The Hall–Kier alpha value is -1.20. The minimum Gasteiger partial charge on any atom is -0.315 e. The summed E-state index contributed by atoms with van der Waals surface area (Å²) in [5.74, 6) is 0. The molecule has 1 atom stereocenters. The van der Waals surface area contributed by atoms with Crippen LogP contribution in [0.4, 0.5) is 0 Å². The Morgan fingerprint density at radius 3 is 3.12 bits per heavy atom. The van der Waals surface area contributed by atoms with Crippen molar-refractivity contribution in [2.75, 3.05) is 13.1 Å². The summed E-state index contributed by atoms with van der Waals surface area (Å²) in [6, 6.07) is 5.83. The van der Waals surface area contributed by atoms with Gasteiger partial charge >= 0.3 is 0 Å². The number of rotatable bonds is 1. The summed E-state index contributed by atoms with van der Waals surface area (Å²) in [4.78, 5) is 16.7. The van der Waals surface area contributed by atoms with Crippen molar-refractivity contribution in [1.82, 2.24) is 14.9 Å². The molecule has 0 amide bonds. The summed E-state index contributed by atoms with van der Waals surface area (Å²) in [6.45, 7) is 1.81. The van der Waals surface area contributed by atoms with Crippen LogP contribution in [0.15, 0.2) is 33.8 Å². The first-order chi connectivity index (χ1) is 8.25. The molecule has 0 bridgehead atoms. The summed E-state index contributed by atoms with van der Waals surface area (Å²) < 4.78 is 2.65. The van der Waals surface area contributed by atoms with Gasteiger partial charge in [0.2, 0.25) is 0 Å². The molecule has 2 heterocycles. The number of nitrogens with zero attached hydrogens (tertiary/aromatic N) is 2. The SMILES string of the molecule is O=c1c2cc(Br)ccc2ncn1C1CCNC1. The number of hydrogen-bond acceptors (Lipinski definition) is 3. The van der Waals surface area contributed by atoms with Crippen LogP contribution in [0.5, 0.6) is 0 Å². The predicted octanol–water partition coefficient (Wildman–Crippen LogP) is 1.69. The molecule has 88 valence electrons. The second-order valence-corrected chi connectivity index (χ2v) is 5.18. The number of benzene rings is 1. The Morgan fingerprint density at radius 2 is 2.35 bits per heavy atom. The van der Waals surface area contributed by atoms with Crippen molar-refractivity contribution in [3.63, 3.8) is 0 Å². The minimum atomic E-state index is 0.0463. The monoisotopic (exact) mass is 293 g/mol. The van der Waals surface area contributed by atoms with Gasteiger partial charge in [-0.2, -0.15) is 0 Å². The molecule has 1 aliphatic rings. The fourth-order valence-corrected chi connectivity index (χ4v) is 2.61. The lowest BCUT2D eigenvalue weighted by Gasteiger charge is -2.12. The Bertz CT molecular complexity index is 617. The van der Waals surface area contributed by atoms with E-state index in [1.54, 1.807) is 10.9 Å². The van der Waals surface area contributed by atoms with Gasteiger partial charge in [-0.3, -0.25) is 9.36 Å². The normalized spacial score (nSPS) is 19.9. The zero-order valence-corrected chi connectivity index (χ0v) is 10.8. The van der Waals surface area contributed by atoms with Gasteiger partial charge in [-0.15, -0.1) is 0 Å². The van der Waals surface area contributed by atoms with Crippen LogP contribution >= 0.6 is 15.9 Å². The quantitative estimate of drug-likeness (QED) is 0.870.